The Labute approximate surface area is 61.2 Å². The molecule has 0 aromatic carbocycles. The van der Waals surface area contributed by atoms with Gasteiger partial charge in [0.15, 0.2) is 0 Å². The second kappa shape index (κ2) is 2.43. The molecule has 0 fully saturated rings. The van der Waals surface area contributed by atoms with Gasteiger partial charge in [0.05, 0.1) is 10.2 Å². The second-order valence-electron chi connectivity index (χ2n) is 1.52. The summed E-state index contributed by atoms with van der Waals surface area (Å²) in [5.74, 6) is 0. The summed E-state index contributed by atoms with van der Waals surface area (Å²) < 4.78 is 2.66. The van der Waals surface area contributed by atoms with E-state index in [2.05, 4.69) is 32.9 Å². The first kappa shape index (κ1) is 6.00. The molecule has 0 saturated carbocycles. The van der Waals surface area contributed by atoms with Gasteiger partial charge in [0, 0.05) is 6.20 Å². The first-order chi connectivity index (χ1) is 3.83. The maximum absolute atomic E-state index is 3.80. The van der Waals surface area contributed by atoms with Crippen LogP contribution in [0.15, 0.2) is 6.20 Å². The van der Waals surface area contributed by atoms with Gasteiger partial charge in [-0.05, 0) is 6.92 Å². The molecule has 1 rings (SSSR count). The lowest BCUT2D eigenvalue weighted by Crippen LogP contribution is -1.90. The number of halogens is 1. The number of rotatable bonds is 1. The number of hydrogen-bond acceptors (Lipinski definition) is 2. The molecular formula is C4H6IN3. The summed E-state index contributed by atoms with van der Waals surface area (Å²) >= 11 is 2.23. The first-order valence-corrected chi connectivity index (χ1v) is 3.78. The van der Waals surface area contributed by atoms with Crippen molar-refractivity contribution >= 4 is 22.6 Å². The van der Waals surface area contributed by atoms with Crippen molar-refractivity contribution in [2.45, 2.75) is 11.5 Å². The van der Waals surface area contributed by atoms with Gasteiger partial charge in [-0.15, -0.1) is 5.10 Å². The van der Waals surface area contributed by atoms with Gasteiger partial charge in [-0.1, -0.05) is 27.8 Å². The molecule has 0 aliphatic carbocycles. The number of hydrogen-bond donors (Lipinski definition) is 0. The molecule has 0 N–H and O–H groups in total. The van der Waals surface area contributed by atoms with Crippen molar-refractivity contribution in [2.75, 3.05) is 0 Å². The largest absolute Gasteiger partial charge is 0.243 e. The molecule has 1 heterocycles. The highest BCUT2D eigenvalue weighted by atomic mass is 127. The van der Waals surface area contributed by atoms with E-state index in [9.17, 15) is 0 Å². The summed E-state index contributed by atoms with van der Waals surface area (Å²) in [5.41, 5.74) is 0.974. The van der Waals surface area contributed by atoms with Crippen molar-refractivity contribution in [1.29, 1.82) is 0 Å². The molecule has 0 spiro atoms. The Kier molecular flexibility index (Phi) is 1.82. The maximum atomic E-state index is 3.80. The zero-order chi connectivity index (χ0) is 5.98. The monoisotopic (exact) mass is 223 g/mol. The van der Waals surface area contributed by atoms with Gasteiger partial charge in [0.25, 0.3) is 0 Å². The van der Waals surface area contributed by atoms with E-state index in [0.717, 1.165) is 10.2 Å². The van der Waals surface area contributed by atoms with E-state index < -0.39 is 0 Å². The van der Waals surface area contributed by atoms with Crippen LogP contribution in [-0.4, -0.2) is 15.0 Å². The minimum Gasteiger partial charge on any atom is -0.243 e. The lowest BCUT2D eigenvalue weighted by molar-refractivity contribution is 0.714. The van der Waals surface area contributed by atoms with Gasteiger partial charge >= 0.3 is 0 Å². The van der Waals surface area contributed by atoms with Crippen LogP contribution in [0.3, 0.4) is 0 Å². The second-order valence-corrected chi connectivity index (χ2v) is 2.20. The third-order valence-electron chi connectivity index (χ3n) is 0.776. The average Bonchev–Trinajstić information content (AvgIpc) is 2.14. The Morgan fingerprint density at radius 1 is 1.88 bits per heavy atom. The summed E-state index contributed by atoms with van der Waals surface area (Å²) in [6.07, 6.45) is 1.91. The van der Waals surface area contributed by atoms with Crippen molar-refractivity contribution in [3.8, 4) is 0 Å². The Morgan fingerprint density at radius 3 is 2.88 bits per heavy atom. The minimum absolute atomic E-state index is 0.874. The minimum atomic E-state index is 0.874. The Morgan fingerprint density at radius 2 is 2.62 bits per heavy atom. The average molecular weight is 223 g/mol. The van der Waals surface area contributed by atoms with Crippen LogP contribution in [0.5, 0.6) is 0 Å². The topological polar surface area (TPSA) is 30.7 Å². The maximum Gasteiger partial charge on any atom is 0.0941 e. The molecule has 1 aromatic heterocycles. The van der Waals surface area contributed by atoms with Crippen LogP contribution >= 0.6 is 22.6 Å². The van der Waals surface area contributed by atoms with Crippen molar-refractivity contribution in [1.82, 2.24) is 15.0 Å². The Balaban J connectivity index is 2.84. The highest BCUT2D eigenvalue weighted by Gasteiger charge is 1.88. The molecule has 8 heavy (non-hydrogen) atoms. The molecule has 0 bridgehead atoms. The van der Waals surface area contributed by atoms with Crippen molar-refractivity contribution in [3.05, 3.63) is 11.9 Å². The number of alkyl halides is 1. The zero-order valence-corrected chi connectivity index (χ0v) is 6.66. The lowest BCUT2D eigenvalue weighted by Gasteiger charge is -1.84. The molecule has 0 unspecified atom stereocenters. The van der Waals surface area contributed by atoms with Crippen molar-refractivity contribution < 1.29 is 0 Å². The van der Waals surface area contributed by atoms with Crippen LogP contribution in [0.4, 0.5) is 0 Å². The van der Waals surface area contributed by atoms with E-state index in [1.54, 1.807) is 4.68 Å². The quantitative estimate of drug-likeness (QED) is 0.524. The molecule has 0 saturated heterocycles. The number of aromatic nitrogens is 3. The van der Waals surface area contributed by atoms with E-state index >= 15 is 0 Å². The third-order valence-corrected chi connectivity index (χ3v) is 1.47. The summed E-state index contributed by atoms with van der Waals surface area (Å²) in [5, 5.41) is 7.59. The van der Waals surface area contributed by atoms with E-state index in [0.29, 0.717) is 0 Å². The highest BCUT2D eigenvalue weighted by molar-refractivity contribution is 14.1. The predicted molar refractivity (Wildman–Crippen MR) is 38.8 cm³/mol. The molecule has 44 valence electrons. The summed E-state index contributed by atoms with van der Waals surface area (Å²) in [6.45, 7) is 1.93. The van der Waals surface area contributed by atoms with Crippen LogP contribution in [0, 0.1) is 6.92 Å². The molecule has 0 aliphatic rings. The van der Waals surface area contributed by atoms with Crippen LogP contribution in [0.1, 0.15) is 5.69 Å². The molecule has 3 nitrogen and oxygen atoms in total. The van der Waals surface area contributed by atoms with Crippen molar-refractivity contribution in [3.63, 3.8) is 0 Å². The fourth-order valence-electron chi connectivity index (χ4n) is 0.454. The van der Waals surface area contributed by atoms with Crippen LogP contribution in [0.25, 0.3) is 0 Å². The fraction of sp³-hybridized carbons (Fsp3) is 0.500. The van der Waals surface area contributed by atoms with E-state index in [1.165, 1.54) is 0 Å². The smallest absolute Gasteiger partial charge is 0.0941 e. The fourth-order valence-corrected chi connectivity index (χ4v) is 0.787. The Hall–Kier alpha value is -0.130. The molecule has 4 heteroatoms. The molecule has 0 amide bonds. The predicted octanol–water partition coefficient (Wildman–Crippen LogP) is 0.979. The molecule has 1 aromatic rings. The van der Waals surface area contributed by atoms with E-state index in [1.807, 2.05) is 13.1 Å². The van der Waals surface area contributed by atoms with E-state index in [-0.39, 0.29) is 0 Å². The normalized spacial score (nSPS) is 9.75. The summed E-state index contributed by atoms with van der Waals surface area (Å²) in [6, 6.07) is 0. The van der Waals surface area contributed by atoms with Gasteiger partial charge in [-0.2, -0.15) is 0 Å². The van der Waals surface area contributed by atoms with Gasteiger partial charge in [-0.25, -0.2) is 4.68 Å². The summed E-state index contributed by atoms with van der Waals surface area (Å²) in [4.78, 5) is 0. The van der Waals surface area contributed by atoms with Crippen LogP contribution in [0.2, 0.25) is 0 Å². The lowest BCUT2D eigenvalue weighted by atomic mass is 10.6. The highest BCUT2D eigenvalue weighted by Crippen LogP contribution is 1.92. The van der Waals surface area contributed by atoms with Crippen molar-refractivity contribution in [2.24, 2.45) is 0 Å². The molecule has 0 aliphatic heterocycles. The van der Waals surface area contributed by atoms with Gasteiger partial charge < -0.3 is 0 Å². The standard InChI is InChI=1S/C4H6IN3/c1-4-2-8(3-5)7-6-4/h2H,3H2,1H3. The van der Waals surface area contributed by atoms with Gasteiger partial charge in [0.1, 0.15) is 0 Å². The van der Waals surface area contributed by atoms with Crippen LogP contribution in [-0.2, 0) is 4.55 Å². The van der Waals surface area contributed by atoms with E-state index in [4.69, 9.17) is 0 Å². The zero-order valence-electron chi connectivity index (χ0n) is 4.50. The van der Waals surface area contributed by atoms with Crippen LogP contribution < -0.4 is 0 Å². The van der Waals surface area contributed by atoms with Gasteiger partial charge in [-0.3, -0.25) is 0 Å². The summed E-state index contributed by atoms with van der Waals surface area (Å²) in [7, 11) is 0. The van der Waals surface area contributed by atoms with Gasteiger partial charge in [0.2, 0.25) is 0 Å². The third kappa shape index (κ3) is 1.18. The number of aryl methyl sites for hydroxylation is 1. The molecular weight excluding hydrogens is 217 g/mol. The first-order valence-electron chi connectivity index (χ1n) is 2.25. The Bertz CT molecular complexity index is 172. The number of nitrogens with zero attached hydrogens (tertiary/aromatic N) is 3. The SMILES string of the molecule is Cc1cn(CI)nn1. The molecule has 0 atom stereocenters. The molecule has 0 radical (unpaired) electrons.